The van der Waals surface area contributed by atoms with Gasteiger partial charge in [-0.3, -0.25) is 4.90 Å². The highest BCUT2D eigenvalue weighted by atomic mass is 35.5. The Balaban J connectivity index is 1.51. The fourth-order valence-corrected chi connectivity index (χ4v) is 5.18. The summed E-state index contributed by atoms with van der Waals surface area (Å²) in [7, 11) is 2.18. The molecule has 1 aromatic heterocycles. The highest BCUT2D eigenvalue weighted by Gasteiger charge is 2.47. The Hall–Kier alpha value is -1.21. The Morgan fingerprint density at radius 3 is 2.78 bits per heavy atom. The van der Waals surface area contributed by atoms with E-state index >= 15 is 0 Å². The third-order valence-corrected chi connectivity index (χ3v) is 7.21. The van der Waals surface area contributed by atoms with Gasteiger partial charge in [-0.1, -0.05) is 35.7 Å². The van der Waals surface area contributed by atoms with Crippen molar-refractivity contribution in [2.75, 3.05) is 36.3 Å². The predicted octanol–water partition coefficient (Wildman–Crippen LogP) is 5.32. The van der Waals surface area contributed by atoms with E-state index in [0.29, 0.717) is 16.5 Å². The number of likely N-dealkylation sites (N-methyl/N-ethyl adjacent to an activating group) is 1. The molecule has 2 aliphatic heterocycles. The van der Waals surface area contributed by atoms with Crippen LogP contribution in [0.2, 0.25) is 10.0 Å². The number of hydrogen-bond acceptors (Lipinski definition) is 5. The predicted molar refractivity (Wildman–Crippen MR) is 112 cm³/mol. The third-order valence-electron chi connectivity index (χ3n) is 5.53. The van der Waals surface area contributed by atoms with Gasteiger partial charge in [0.1, 0.15) is 10.8 Å². The zero-order chi connectivity index (χ0) is 19.0. The summed E-state index contributed by atoms with van der Waals surface area (Å²) in [5.74, 6) is 0.133. The molecule has 1 aromatic carbocycles. The number of anilines is 2. The highest BCUT2D eigenvalue weighted by molar-refractivity contribution is 8.00. The Bertz CT molecular complexity index is 830. The largest absolute Gasteiger partial charge is 0.366 e. The van der Waals surface area contributed by atoms with Crippen molar-refractivity contribution >= 4 is 46.7 Å². The number of likely N-dealkylation sites (tertiary alicyclic amines) is 1. The van der Waals surface area contributed by atoms with Crippen LogP contribution >= 0.6 is 35.1 Å². The van der Waals surface area contributed by atoms with Crippen LogP contribution in [0.25, 0.3) is 0 Å². The maximum atomic E-state index is 14.9. The van der Waals surface area contributed by atoms with E-state index in [1.54, 1.807) is 18.3 Å². The first-order valence-electron chi connectivity index (χ1n) is 8.98. The smallest absolute Gasteiger partial charge is 0.160 e. The van der Waals surface area contributed by atoms with Crippen LogP contribution in [0, 0.1) is 5.82 Å². The number of halogens is 3. The van der Waals surface area contributed by atoms with Crippen LogP contribution in [0.1, 0.15) is 19.3 Å². The van der Waals surface area contributed by atoms with Crippen molar-refractivity contribution in [2.24, 2.45) is 0 Å². The fraction of sp³-hybridized carbons (Fsp3) is 0.421. The van der Waals surface area contributed by atoms with Gasteiger partial charge < -0.3 is 9.62 Å². The van der Waals surface area contributed by atoms with Crippen LogP contribution in [0.5, 0.6) is 0 Å². The molecule has 4 rings (SSSR count). The first kappa shape index (κ1) is 19.1. The van der Waals surface area contributed by atoms with Gasteiger partial charge in [-0.15, -0.1) is 0 Å². The van der Waals surface area contributed by atoms with Gasteiger partial charge in [0.15, 0.2) is 5.82 Å². The number of rotatable bonds is 4. The minimum absolute atomic E-state index is 0.123. The topological polar surface area (TPSA) is 31.4 Å². The molecule has 0 saturated carbocycles. The first-order chi connectivity index (χ1) is 13.0. The maximum absolute atomic E-state index is 14.9. The minimum atomic E-state index is -0.495. The number of pyridine rings is 1. The number of aromatic nitrogens is 1. The molecule has 1 spiro atoms. The van der Waals surface area contributed by atoms with Gasteiger partial charge in [-0.2, -0.15) is 0 Å². The van der Waals surface area contributed by atoms with E-state index in [2.05, 4.69) is 26.6 Å². The molecule has 0 bridgehead atoms. The summed E-state index contributed by atoms with van der Waals surface area (Å²) >= 11 is 13.8. The van der Waals surface area contributed by atoms with E-state index in [1.165, 1.54) is 19.3 Å². The lowest BCUT2D eigenvalue weighted by Crippen LogP contribution is -2.70. The van der Waals surface area contributed by atoms with Crippen molar-refractivity contribution in [3.05, 3.63) is 46.3 Å². The molecule has 0 aliphatic carbocycles. The number of hydrogen-bond donors (Lipinski definition) is 1. The van der Waals surface area contributed by atoms with Crippen molar-refractivity contribution in [3.63, 3.8) is 0 Å². The third kappa shape index (κ3) is 3.60. The Morgan fingerprint density at radius 2 is 2.07 bits per heavy atom. The van der Waals surface area contributed by atoms with Crippen LogP contribution in [0.3, 0.4) is 0 Å². The summed E-state index contributed by atoms with van der Waals surface area (Å²) in [5.41, 5.74) is 0.865. The summed E-state index contributed by atoms with van der Waals surface area (Å²) in [6.45, 7) is 2.83. The lowest BCUT2D eigenvalue weighted by atomic mass is 9.80. The average molecular weight is 427 g/mol. The monoisotopic (exact) mass is 426 g/mol. The normalized spacial score (nSPS) is 19.2. The van der Waals surface area contributed by atoms with Crippen LogP contribution in [0.15, 0.2) is 35.4 Å². The van der Waals surface area contributed by atoms with E-state index in [0.717, 1.165) is 31.6 Å². The second-order valence-corrected chi connectivity index (χ2v) is 8.81. The summed E-state index contributed by atoms with van der Waals surface area (Å²) in [6, 6.07) is 7.24. The second-order valence-electron chi connectivity index (χ2n) is 7.21. The van der Waals surface area contributed by atoms with E-state index in [4.69, 9.17) is 23.2 Å². The molecular formula is C19H21Cl2FN4S. The van der Waals surface area contributed by atoms with Crippen molar-refractivity contribution in [2.45, 2.75) is 29.7 Å². The second kappa shape index (κ2) is 7.66. The minimum Gasteiger partial charge on any atom is -0.366 e. The SMILES string of the molecule is CN1CCCCC12CN(c1cc(Cl)c(SNc3ccccn3)c(F)c1Cl)C2. The lowest BCUT2D eigenvalue weighted by molar-refractivity contribution is 0.0459. The molecule has 2 fully saturated rings. The first-order valence-corrected chi connectivity index (χ1v) is 10.5. The molecule has 0 amide bonds. The molecule has 0 radical (unpaired) electrons. The van der Waals surface area contributed by atoms with E-state index < -0.39 is 5.82 Å². The molecule has 2 saturated heterocycles. The van der Waals surface area contributed by atoms with Gasteiger partial charge in [0, 0.05) is 19.3 Å². The van der Waals surface area contributed by atoms with Crippen molar-refractivity contribution in [3.8, 4) is 0 Å². The zero-order valence-electron chi connectivity index (χ0n) is 15.0. The quantitative estimate of drug-likeness (QED) is 0.527. The van der Waals surface area contributed by atoms with Gasteiger partial charge in [0.25, 0.3) is 0 Å². The van der Waals surface area contributed by atoms with Crippen LogP contribution in [-0.4, -0.2) is 42.1 Å². The zero-order valence-corrected chi connectivity index (χ0v) is 17.3. The number of piperidine rings is 1. The molecule has 2 aliphatic rings. The summed E-state index contributed by atoms with van der Waals surface area (Å²) in [4.78, 5) is 8.99. The Morgan fingerprint density at radius 1 is 1.26 bits per heavy atom. The molecule has 144 valence electrons. The molecule has 2 aromatic rings. The molecule has 3 heterocycles. The molecule has 1 N–H and O–H groups in total. The van der Waals surface area contributed by atoms with E-state index in [9.17, 15) is 4.39 Å². The van der Waals surface area contributed by atoms with Gasteiger partial charge in [-0.05, 0) is 56.6 Å². The van der Waals surface area contributed by atoms with E-state index in [1.807, 2.05) is 12.1 Å². The van der Waals surface area contributed by atoms with Gasteiger partial charge in [0.2, 0.25) is 0 Å². The summed E-state index contributed by atoms with van der Waals surface area (Å²) < 4.78 is 17.9. The van der Waals surface area contributed by atoms with Crippen molar-refractivity contribution in [1.29, 1.82) is 0 Å². The Labute approximate surface area is 173 Å². The molecule has 0 atom stereocenters. The van der Waals surface area contributed by atoms with Gasteiger partial charge in [0.05, 0.1) is 21.1 Å². The number of nitrogens with one attached hydrogen (secondary N) is 1. The van der Waals surface area contributed by atoms with Crippen molar-refractivity contribution < 1.29 is 4.39 Å². The molecular weight excluding hydrogens is 406 g/mol. The number of nitrogens with zero attached hydrogens (tertiary/aromatic N) is 3. The Kier molecular flexibility index (Phi) is 5.43. The van der Waals surface area contributed by atoms with Crippen LogP contribution in [0.4, 0.5) is 15.9 Å². The fourth-order valence-electron chi connectivity index (χ4n) is 3.88. The standard InChI is InChI=1S/C19H21Cl2FN4S/c1-25-9-5-3-7-19(25)11-26(12-19)14-10-13(20)18(17(22)16(14)21)27-24-15-6-2-4-8-23-15/h2,4,6,8,10H,3,5,7,9,11-12H2,1H3,(H,23,24). The molecule has 0 unspecified atom stereocenters. The molecule has 4 nitrogen and oxygen atoms in total. The van der Waals surface area contributed by atoms with Gasteiger partial charge >= 0.3 is 0 Å². The molecule has 27 heavy (non-hydrogen) atoms. The summed E-state index contributed by atoms with van der Waals surface area (Å²) in [6.07, 6.45) is 5.33. The van der Waals surface area contributed by atoms with E-state index in [-0.39, 0.29) is 15.5 Å². The average Bonchev–Trinajstić information content (AvgIpc) is 2.64. The highest BCUT2D eigenvalue weighted by Crippen LogP contribution is 2.45. The number of benzene rings is 1. The van der Waals surface area contributed by atoms with Crippen LogP contribution < -0.4 is 9.62 Å². The van der Waals surface area contributed by atoms with Crippen molar-refractivity contribution in [1.82, 2.24) is 9.88 Å². The van der Waals surface area contributed by atoms with Gasteiger partial charge in [-0.25, -0.2) is 9.37 Å². The van der Waals surface area contributed by atoms with Crippen LogP contribution in [-0.2, 0) is 0 Å². The lowest BCUT2D eigenvalue weighted by Gasteiger charge is -2.58. The molecule has 8 heteroatoms. The maximum Gasteiger partial charge on any atom is 0.160 e. The summed E-state index contributed by atoms with van der Waals surface area (Å²) in [5, 5.41) is 0.469.